The Balaban J connectivity index is 1.96. The van der Waals surface area contributed by atoms with Gasteiger partial charge in [0.15, 0.2) is 0 Å². The van der Waals surface area contributed by atoms with Gasteiger partial charge in [0.05, 0.1) is 11.9 Å². The van der Waals surface area contributed by atoms with Crippen LogP contribution in [0.1, 0.15) is 5.56 Å². The van der Waals surface area contributed by atoms with E-state index in [1.807, 2.05) is 60.0 Å². The summed E-state index contributed by atoms with van der Waals surface area (Å²) in [6, 6.07) is 17.5. The quantitative estimate of drug-likeness (QED) is 0.282. The van der Waals surface area contributed by atoms with Gasteiger partial charge in [-0.25, -0.2) is 5.84 Å². The zero-order valence-corrected chi connectivity index (χ0v) is 16.1. The topological polar surface area (TPSA) is 84.8 Å². The third-order valence-corrected chi connectivity index (χ3v) is 4.93. The van der Waals surface area contributed by atoms with Gasteiger partial charge in [-0.05, 0) is 23.3 Å². The van der Waals surface area contributed by atoms with Crippen molar-refractivity contribution in [1.82, 2.24) is 9.99 Å². The highest BCUT2D eigenvalue weighted by Crippen LogP contribution is 2.19. The first-order valence-corrected chi connectivity index (χ1v) is 9.40. The lowest BCUT2D eigenvalue weighted by Crippen LogP contribution is -2.35. The first-order chi connectivity index (χ1) is 12.7. The fourth-order valence-electron chi connectivity index (χ4n) is 2.28. The van der Waals surface area contributed by atoms with E-state index in [9.17, 15) is 4.79 Å². The predicted octanol–water partition coefficient (Wildman–Crippen LogP) is 2.90. The molecule has 3 rings (SSSR count). The lowest BCUT2D eigenvalue weighted by Gasteiger charge is -2.07. The minimum absolute atomic E-state index is 0.0663. The van der Waals surface area contributed by atoms with E-state index in [1.165, 1.54) is 11.3 Å². The fraction of sp³-hybridized carbons (Fsp3) is 0.0556. The van der Waals surface area contributed by atoms with Gasteiger partial charge in [-0.3, -0.25) is 10.2 Å². The molecule has 0 unspecified atom stereocenters. The molecule has 26 heavy (non-hydrogen) atoms. The Hall–Kier alpha value is -2.55. The number of nitrogens with two attached hydrogens (primary N) is 1. The van der Waals surface area contributed by atoms with Crippen LogP contribution in [0.4, 0.5) is 0 Å². The summed E-state index contributed by atoms with van der Waals surface area (Å²) in [6.07, 6.45) is 1.67. The van der Waals surface area contributed by atoms with E-state index in [2.05, 4.69) is 31.6 Å². The van der Waals surface area contributed by atoms with Crippen molar-refractivity contribution in [3.8, 4) is 11.3 Å². The van der Waals surface area contributed by atoms with Crippen molar-refractivity contribution in [3.63, 3.8) is 0 Å². The van der Waals surface area contributed by atoms with Crippen molar-refractivity contribution in [3.05, 3.63) is 74.8 Å². The SMILES string of the molecule is NNC(=O)Cn1c(-c2ccccc2)cs/c1=N/N=C/c1ccc(Br)cc1. The number of carbonyl (C=O) groups excluding carboxylic acids is 1. The second-order valence-electron chi connectivity index (χ2n) is 5.32. The Labute approximate surface area is 162 Å². The normalized spacial score (nSPS) is 11.8. The lowest BCUT2D eigenvalue weighted by molar-refractivity contribution is -0.121. The Morgan fingerprint density at radius 3 is 2.62 bits per heavy atom. The fourth-order valence-corrected chi connectivity index (χ4v) is 3.41. The van der Waals surface area contributed by atoms with E-state index >= 15 is 0 Å². The zero-order valence-electron chi connectivity index (χ0n) is 13.7. The van der Waals surface area contributed by atoms with Crippen LogP contribution in [0.5, 0.6) is 0 Å². The van der Waals surface area contributed by atoms with Crippen LogP contribution in [0.3, 0.4) is 0 Å². The minimum atomic E-state index is -0.307. The molecule has 3 aromatic rings. The van der Waals surface area contributed by atoms with E-state index in [0.29, 0.717) is 4.80 Å². The Bertz CT molecular complexity index is 977. The van der Waals surface area contributed by atoms with E-state index in [4.69, 9.17) is 5.84 Å². The van der Waals surface area contributed by atoms with Crippen LogP contribution in [0.25, 0.3) is 11.3 Å². The van der Waals surface area contributed by atoms with Crippen LogP contribution in [0.2, 0.25) is 0 Å². The maximum atomic E-state index is 11.8. The maximum Gasteiger partial charge on any atom is 0.253 e. The highest BCUT2D eigenvalue weighted by molar-refractivity contribution is 9.10. The summed E-state index contributed by atoms with van der Waals surface area (Å²) in [7, 11) is 0. The molecule has 0 radical (unpaired) electrons. The number of aromatic nitrogens is 1. The summed E-state index contributed by atoms with van der Waals surface area (Å²) in [5, 5.41) is 10.4. The highest BCUT2D eigenvalue weighted by atomic mass is 79.9. The van der Waals surface area contributed by atoms with Gasteiger partial charge >= 0.3 is 0 Å². The smallest absolute Gasteiger partial charge is 0.253 e. The summed E-state index contributed by atoms with van der Waals surface area (Å²) >= 11 is 4.81. The molecule has 0 spiro atoms. The van der Waals surface area contributed by atoms with Crippen LogP contribution in [0, 0.1) is 0 Å². The summed E-state index contributed by atoms with van der Waals surface area (Å²) < 4.78 is 2.80. The summed E-state index contributed by atoms with van der Waals surface area (Å²) in [5.74, 6) is 4.94. The van der Waals surface area contributed by atoms with Crippen molar-refractivity contribution < 1.29 is 4.79 Å². The second-order valence-corrected chi connectivity index (χ2v) is 7.07. The largest absolute Gasteiger partial charge is 0.306 e. The molecule has 6 nitrogen and oxygen atoms in total. The number of benzene rings is 2. The van der Waals surface area contributed by atoms with Gasteiger partial charge in [0.1, 0.15) is 6.54 Å². The van der Waals surface area contributed by atoms with Gasteiger partial charge in [0.2, 0.25) is 4.80 Å². The molecular weight excluding hydrogens is 414 g/mol. The van der Waals surface area contributed by atoms with Gasteiger partial charge in [-0.2, -0.15) is 5.10 Å². The van der Waals surface area contributed by atoms with Crippen molar-refractivity contribution in [2.75, 3.05) is 0 Å². The van der Waals surface area contributed by atoms with Gasteiger partial charge in [-0.15, -0.1) is 16.4 Å². The molecule has 1 amide bonds. The summed E-state index contributed by atoms with van der Waals surface area (Å²) in [4.78, 5) is 12.4. The average Bonchev–Trinajstić information content (AvgIpc) is 3.06. The van der Waals surface area contributed by atoms with E-state index in [-0.39, 0.29) is 12.5 Å². The number of nitrogens with one attached hydrogen (secondary N) is 1. The van der Waals surface area contributed by atoms with Gasteiger partial charge < -0.3 is 4.57 Å². The molecule has 0 aliphatic rings. The number of thiazole rings is 1. The Kier molecular flexibility index (Phi) is 6.11. The molecule has 0 aliphatic carbocycles. The van der Waals surface area contributed by atoms with E-state index < -0.39 is 0 Å². The molecular formula is C18H16BrN5OS. The molecule has 1 aromatic heterocycles. The molecule has 0 aliphatic heterocycles. The van der Waals surface area contributed by atoms with Crippen molar-refractivity contribution in [2.45, 2.75) is 6.54 Å². The molecule has 8 heteroatoms. The van der Waals surface area contributed by atoms with Crippen LogP contribution < -0.4 is 16.1 Å². The monoisotopic (exact) mass is 429 g/mol. The zero-order chi connectivity index (χ0) is 18.4. The first kappa shape index (κ1) is 18.2. The molecule has 0 bridgehead atoms. The number of hydrazine groups is 1. The maximum absolute atomic E-state index is 11.8. The molecule has 1 heterocycles. The average molecular weight is 430 g/mol. The number of halogens is 1. The van der Waals surface area contributed by atoms with Gasteiger partial charge in [0.25, 0.3) is 5.91 Å². The second kappa shape index (κ2) is 8.70. The number of hydrogen-bond donors (Lipinski definition) is 2. The molecule has 0 saturated heterocycles. The molecule has 0 atom stereocenters. The molecule has 0 fully saturated rings. The minimum Gasteiger partial charge on any atom is -0.306 e. The van der Waals surface area contributed by atoms with Crippen molar-refractivity contribution >= 4 is 39.4 Å². The van der Waals surface area contributed by atoms with E-state index in [1.54, 1.807) is 10.8 Å². The summed E-state index contributed by atoms with van der Waals surface area (Å²) in [5.41, 5.74) is 4.97. The van der Waals surface area contributed by atoms with Crippen molar-refractivity contribution in [1.29, 1.82) is 0 Å². The standard InChI is InChI=1S/C18H16BrN5OS/c19-15-8-6-13(7-9-15)10-21-23-18-24(11-17(25)22-20)16(12-26-18)14-4-2-1-3-5-14/h1-10,12H,11,20H2,(H,22,25)/b21-10+,23-18+. The number of carbonyl (C=O) groups is 1. The number of hydrogen-bond acceptors (Lipinski definition) is 5. The van der Waals surface area contributed by atoms with Gasteiger partial charge in [0, 0.05) is 9.85 Å². The van der Waals surface area contributed by atoms with Crippen LogP contribution in [-0.4, -0.2) is 16.7 Å². The van der Waals surface area contributed by atoms with E-state index in [0.717, 1.165) is 21.3 Å². The van der Waals surface area contributed by atoms with Crippen LogP contribution >= 0.6 is 27.3 Å². The lowest BCUT2D eigenvalue weighted by atomic mass is 10.2. The highest BCUT2D eigenvalue weighted by Gasteiger charge is 2.10. The third kappa shape index (κ3) is 4.54. The van der Waals surface area contributed by atoms with Crippen LogP contribution in [0.15, 0.2) is 74.7 Å². The van der Waals surface area contributed by atoms with Crippen molar-refractivity contribution in [2.24, 2.45) is 16.0 Å². The summed E-state index contributed by atoms with van der Waals surface area (Å²) in [6.45, 7) is 0.0663. The molecule has 3 N–H and O–H groups in total. The Morgan fingerprint density at radius 1 is 1.19 bits per heavy atom. The number of rotatable bonds is 5. The number of amides is 1. The van der Waals surface area contributed by atoms with Crippen LogP contribution in [-0.2, 0) is 11.3 Å². The predicted molar refractivity (Wildman–Crippen MR) is 107 cm³/mol. The first-order valence-electron chi connectivity index (χ1n) is 7.73. The molecule has 0 saturated carbocycles. The van der Waals surface area contributed by atoms with Gasteiger partial charge in [-0.1, -0.05) is 58.4 Å². The molecule has 132 valence electrons. The third-order valence-electron chi connectivity index (χ3n) is 3.55. The number of nitrogens with zero attached hydrogens (tertiary/aromatic N) is 3. The Morgan fingerprint density at radius 2 is 1.92 bits per heavy atom. The molecule has 2 aromatic carbocycles.